The highest BCUT2D eigenvalue weighted by molar-refractivity contribution is 7.19. The highest BCUT2D eigenvalue weighted by Gasteiger charge is 2.22. The molecule has 0 unspecified atom stereocenters. The first-order valence-electron chi connectivity index (χ1n) is 3.82. The average molecular weight is 234 g/mol. The standard InChI is InChI=1S/C8H8ClNO3S/c1-2-13-8(12)6(11)7-4(10)3-5(9)14-7/h3H,2,10H2,1H3. The third-order valence-corrected chi connectivity index (χ3v) is 2.68. The predicted octanol–water partition coefficient (Wildman–Crippen LogP) is 1.73. The summed E-state index contributed by atoms with van der Waals surface area (Å²) >= 11 is 6.59. The Labute approximate surface area is 89.6 Å². The Morgan fingerprint density at radius 3 is 2.71 bits per heavy atom. The minimum atomic E-state index is -0.905. The molecule has 0 atom stereocenters. The van der Waals surface area contributed by atoms with E-state index in [4.69, 9.17) is 17.3 Å². The van der Waals surface area contributed by atoms with Gasteiger partial charge in [0, 0.05) is 0 Å². The summed E-state index contributed by atoms with van der Waals surface area (Å²) in [6.45, 7) is 1.78. The number of ketones is 1. The smallest absolute Gasteiger partial charge is 0.380 e. The Bertz CT molecular complexity index is 375. The van der Waals surface area contributed by atoms with Gasteiger partial charge in [0.1, 0.15) is 4.88 Å². The average Bonchev–Trinajstić information content (AvgIpc) is 2.44. The van der Waals surface area contributed by atoms with E-state index in [1.54, 1.807) is 6.92 Å². The Hall–Kier alpha value is -1.07. The molecule has 1 aromatic heterocycles. The summed E-state index contributed by atoms with van der Waals surface area (Å²) < 4.78 is 4.91. The van der Waals surface area contributed by atoms with Crippen LogP contribution in [-0.4, -0.2) is 18.4 Å². The topological polar surface area (TPSA) is 69.4 Å². The van der Waals surface area contributed by atoms with Crippen LogP contribution in [0.4, 0.5) is 5.69 Å². The van der Waals surface area contributed by atoms with E-state index in [1.807, 2.05) is 0 Å². The molecule has 4 nitrogen and oxygen atoms in total. The van der Waals surface area contributed by atoms with Crippen LogP contribution in [0.3, 0.4) is 0 Å². The van der Waals surface area contributed by atoms with Gasteiger partial charge in [-0.2, -0.15) is 0 Å². The Balaban J connectivity index is 2.89. The highest BCUT2D eigenvalue weighted by atomic mass is 35.5. The van der Waals surface area contributed by atoms with Crippen molar-refractivity contribution in [2.45, 2.75) is 6.92 Å². The van der Waals surface area contributed by atoms with Crippen molar-refractivity contribution in [1.29, 1.82) is 0 Å². The first-order chi connectivity index (χ1) is 6.56. The number of carbonyl (C=O) groups excluding carboxylic acids is 2. The molecule has 14 heavy (non-hydrogen) atoms. The number of nitrogen functional groups attached to an aromatic ring is 1. The van der Waals surface area contributed by atoms with E-state index >= 15 is 0 Å². The van der Waals surface area contributed by atoms with Crippen LogP contribution < -0.4 is 5.73 Å². The maximum Gasteiger partial charge on any atom is 0.380 e. The van der Waals surface area contributed by atoms with Crippen molar-refractivity contribution in [3.63, 3.8) is 0 Å². The zero-order valence-corrected chi connectivity index (χ0v) is 8.95. The molecule has 1 rings (SSSR count). The lowest BCUT2D eigenvalue weighted by atomic mass is 10.3. The van der Waals surface area contributed by atoms with Gasteiger partial charge >= 0.3 is 5.97 Å². The van der Waals surface area contributed by atoms with E-state index in [-0.39, 0.29) is 17.2 Å². The summed E-state index contributed by atoms with van der Waals surface area (Å²) in [4.78, 5) is 22.5. The van der Waals surface area contributed by atoms with Crippen molar-refractivity contribution in [3.8, 4) is 0 Å². The van der Waals surface area contributed by atoms with Gasteiger partial charge in [-0.25, -0.2) is 4.79 Å². The van der Waals surface area contributed by atoms with Gasteiger partial charge in [0.05, 0.1) is 16.6 Å². The molecule has 2 N–H and O–H groups in total. The van der Waals surface area contributed by atoms with Gasteiger partial charge in [0.15, 0.2) is 0 Å². The first-order valence-corrected chi connectivity index (χ1v) is 5.02. The van der Waals surface area contributed by atoms with Gasteiger partial charge in [-0.1, -0.05) is 11.6 Å². The number of rotatable bonds is 3. The fourth-order valence-corrected chi connectivity index (χ4v) is 1.92. The van der Waals surface area contributed by atoms with Gasteiger partial charge in [-0.3, -0.25) is 4.79 Å². The molecule has 1 heterocycles. The molecule has 0 bridgehead atoms. The first kappa shape index (κ1) is 11.0. The molecular formula is C8H8ClNO3S. The van der Waals surface area contributed by atoms with Crippen LogP contribution in [0.2, 0.25) is 4.34 Å². The van der Waals surface area contributed by atoms with Gasteiger partial charge in [-0.15, -0.1) is 11.3 Å². The largest absolute Gasteiger partial charge is 0.460 e. The number of nitrogens with two attached hydrogens (primary N) is 1. The number of halogens is 1. The number of esters is 1. The second-order valence-electron chi connectivity index (χ2n) is 2.38. The summed E-state index contributed by atoms with van der Waals surface area (Å²) in [5.74, 6) is -1.65. The summed E-state index contributed by atoms with van der Waals surface area (Å²) in [6, 6.07) is 1.43. The summed E-state index contributed by atoms with van der Waals surface area (Å²) in [6.07, 6.45) is 0. The minimum Gasteiger partial charge on any atom is -0.460 e. The molecule has 0 aliphatic heterocycles. The Morgan fingerprint density at radius 2 is 2.29 bits per heavy atom. The molecule has 0 saturated heterocycles. The molecule has 0 fully saturated rings. The second kappa shape index (κ2) is 4.43. The molecule has 0 radical (unpaired) electrons. The van der Waals surface area contributed by atoms with Gasteiger partial charge in [0.25, 0.3) is 5.78 Å². The summed E-state index contributed by atoms with van der Waals surface area (Å²) in [5, 5.41) is 0. The quantitative estimate of drug-likeness (QED) is 0.490. The van der Waals surface area contributed by atoms with E-state index < -0.39 is 11.8 Å². The van der Waals surface area contributed by atoms with Crippen molar-refractivity contribution in [2.24, 2.45) is 0 Å². The van der Waals surface area contributed by atoms with E-state index in [0.29, 0.717) is 4.34 Å². The third-order valence-electron chi connectivity index (χ3n) is 1.40. The maximum atomic E-state index is 11.4. The third kappa shape index (κ3) is 2.24. The number of hydrogen-bond acceptors (Lipinski definition) is 5. The summed E-state index contributed by atoms with van der Waals surface area (Å²) in [7, 11) is 0. The second-order valence-corrected chi connectivity index (χ2v) is 4.07. The van der Waals surface area contributed by atoms with Crippen LogP contribution >= 0.6 is 22.9 Å². The molecular weight excluding hydrogens is 226 g/mol. The van der Waals surface area contributed by atoms with Crippen molar-refractivity contribution < 1.29 is 14.3 Å². The van der Waals surface area contributed by atoms with E-state index in [2.05, 4.69) is 4.74 Å². The van der Waals surface area contributed by atoms with Crippen LogP contribution in [0.25, 0.3) is 0 Å². The molecule has 0 spiro atoms. The predicted molar refractivity (Wildman–Crippen MR) is 54.7 cm³/mol. The van der Waals surface area contributed by atoms with E-state index in [0.717, 1.165) is 11.3 Å². The molecule has 76 valence electrons. The molecule has 0 aliphatic rings. The molecule has 1 aromatic rings. The minimum absolute atomic E-state index is 0.133. The molecule has 6 heteroatoms. The SMILES string of the molecule is CCOC(=O)C(=O)c1sc(Cl)cc1N. The lowest BCUT2D eigenvalue weighted by Crippen LogP contribution is -2.17. The van der Waals surface area contributed by atoms with E-state index in [1.165, 1.54) is 6.07 Å². The number of ether oxygens (including phenoxy) is 1. The molecule has 0 aromatic carbocycles. The monoisotopic (exact) mass is 233 g/mol. The maximum absolute atomic E-state index is 11.4. The van der Waals surface area contributed by atoms with Crippen LogP contribution in [0.5, 0.6) is 0 Å². The zero-order chi connectivity index (χ0) is 10.7. The summed E-state index contributed by atoms with van der Waals surface area (Å²) in [5.41, 5.74) is 5.68. The van der Waals surface area contributed by atoms with Crippen molar-refractivity contribution >= 4 is 40.4 Å². The lowest BCUT2D eigenvalue weighted by molar-refractivity contribution is -0.137. The van der Waals surface area contributed by atoms with Crippen LogP contribution in [0, 0.1) is 0 Å². The highest BCUT2D eigenvalue weighted by Crippen LogP contribution is 2.29. The number of thiophene rings is 1. The van der Waals surface area contributed by atoms with Crippen molar-refractivity contribution in [1.82, 2.24) is 0 Å². The fourth-order valence-electron chi connectivity index (χ4n) is 0.840. The van der Waals surface area contributed by atoms with Gasteiger partial charge in [-0.05, 0) is 13.0 Å². The van der Waals surface area contributed by atoms with Crippen LogP contribution in [0.1, 0.15) is 16.6 Å². The van der Waals surface area contributed by atoms with Crippen molar-refractivity contribution in [2.75, 3.05) is 12.3 Å². The number of hydrogen-bond donors (Lipinski definition) is 1. The van der Waals surface area contributed by atoms with Crippen LogP contribution in [-0.2, 0) is 9.53 Å². The van der Waals surface area contributed by atoms with Crippen molar-refractivity contribution in [3.05, 3.63) is 15.3 Å². The van der Waals surface area contributed by atoms with E-state index in [9.17, 15) is 9.59 Å². The van der Waals surface area contributed by atoms with Crippen LogP contribution in [0.15, 0.2) is 6.07 Å². The molecule has 0 saturated carbocycles. The van der Waals surface area contributed by atoms with Gasteiger partial charge < -0.3 is 10.5 Å². The number of anilines is 1. The normalized spacial score (nSPS) is 9.86. The Morgan fingerprint density at radius 1 is 1.64 bits per heavy atom. The molecule has 0 amide bonds. The molecule has 0 aliphatic carbocycles. The number of Topliss-reactive ketones (excluding diaryl/α,β-unsaturated/α-hetero) is 1. The lowest BCUT2D eigenvalue weighted by Gasteiger charge is -1.98. The van der Waals surface area contributed by atoms with Gasteiger partial charge in [0.2, 0.25) is 0 Å². The number of carbonyl (C=O) groups is 2. The fraction of sp³-hybridized carbons (Fsp3) is 0.250. The Kier molecular flexibility index (Phi) is 3.49. The zero-order valence-electron chi connectivity index (χ0n) is 7.37.